The van der Waals surface area contributed by atoms with E-state index in [-0.39, 0.29) is 12.6 Å². The van der Waals surface area contributed by atoms with E-state index in [1.54, 1.807) is 25.5 Å². The predicted molar refractivity (Wildman–Crippen MR) is 119 cm³/mol. The van der Waals surface area contributed by atoms with Gasteiger partial charge in [0.05, 0.1) is 5.52 Å². The Labute approximate surface area is 183 Å². The van der Waals surface area contributed by atoms with Gasteiger partial charge >= 0.3 is 12.2 Å². The molecule has 1 aromatic carbocycles. The molecule has 0 radical (unpaired) electrons. The molecule has 2 amide bonds. The molecule has 1 saturated heterocycles. The van der Waals surface area contributed by atoms with Crippen molar-refractivity contribution < 1.29 is 18.0 Å². The van der Waals surface area contributed by atoms with Crippen LogP contribution in [0.15, 0.2) is 42.7 Å². The topological polar surface area (TPSA) is 70.2 Å². The first-order chi connectivity index (χ1) is 15.2. The summed E-state index contributed by atoms with van der Waals surface area (Å²) in [6.45, 7) is 2.40. The van der Waals surface area contributed by atoms with Crippen molar-refractivity contribution >= 4 is 28.4 Å². The van der Waals surface area contributed by atoms with Crippen molar-refractivity contribution in [2.45, 2.75) is 25.9 Å². The van der Waals surface area contributed by atoms with Gasteiger partial charge in [0.15, 0.2) is 0 Å². The average Bonchev–Trinajstić information content (AvgIpc) is 3.21. The van der Waals surface area contributed by atoms with Gasteiger partial charge in [0.2, 0.25) is 0 Å². The van der Waals surface area contributed by atoms with Gasteiger partial charge in [-0.3, -0.25) is 4.98 Å². The second-order valence-corrected chi connectivity index (χ2v) is 8.12. The number of carbonyl (C=O) groups excluding carboxylic acids is 1. The maximum Gasteiger partial charge on any atom is 0.389 e. The quantitative estimate of drug-likeness (QED) is 0.562. The smallest absolute Gasteiger partial charge is 0.373 e. The number of pyridine rings is 2. The normalized spacial score (nSPS) is 16.4. The molecule has 2 aromatic heterocycles. The largest absolute Gasteiger partial charge is 0.389 e. The Morgan fingerprint density at radius 3 is 2.75 bits per heavy atom. The van der Waals surface area contributed by atoms with E-state index in [4.69, 9.17) is 0 Å². The van der Waals surface area contributed by atoms with Gasteiger partial charge < -0.3 is 15.5 Å². The Morgan fingerprint density at radius 1 is 1.19 bits per heavy atom. The summed E-state index contributed by atoms with van der Waals surface area (Å²) in [5.74, 6) is 0.188. The first-order valence-corrected chi connectivity index (χ1v) is 10.4. The van der Waals surface area contributed by atoms with Crippen LogP contribution in [0.5, 0.6) is 0 Å². The maximum absolute atomic E-state index is 12.6. The van der Waals surface area contributed by atoms with Gasteiger partial charge in [0, 0.05) is 61.7 Å². The van der Waals surface area contributed by atoms with E-state index in [0.717, 1.165) is 33.4 Å². The number of aryl methyl sites for hydroxylation is 1. The molecular formula is C23H24F3N5O. The van der Waals surface area contributed by atoms with Crippen LogP contribution in [0.3, 0.4) is 0 Å². The molecule has 6 nitrogen and oxygen atoms in total. The lowest BCUT2D eigenvalue weighted by atomic mass is 10.0. The molecule has 32 heavy (non-hydrogen) atoms. The number of halogens is 3. The van der Waals surface area contributed by atoms with E-state index in [1.807, 2.05) is 31.2 Å². The number of hydrogen-bond donors (Lipinski definition) is 2. The van der Waals surface area contributed by atoms with Crippen LogP contribution in [-0.2, 0) is 0 Å². The molecular weight excluding hydrogens is 419 g/mol. The number of benzene rings is 1. The lowest BCUT2D eigenvalue weighted by molar-refractivity contribution is -0.143. The van der Waals surface area contributed by atoms with Gasteiger partial charge in [-0.2, -0.15) is 13.2 Å². The fraction of sp³-hybridized carbons (Fsp3) is 0.348. The van der Waals surface area contributed by atoms with Gasteiger partial charge in [-0.1, -0.05) is 6.07 Å². The number of likely N-dealkylation sites (tertiary alicyclic amines) is 1. The van der Waals surface area contributed by atoms with Crippen molar-refractivity contribution in [3.05, 3.63) is 48.3 Å². The highest BCUT2D eigenvalue weighted by Crippen LogP contribution is 2.32. The number of fused-ring (bicyclic) bond motifs is 1. The summed E-state index contributed by atoms with van der Waals surface area (Å²) in [6.07, 6.45) is -1.18. The first-order valence-electron chi connectivity index (χ1n) is 10.4. The molecule has 1 atom stereocenters. The molecule has 4 rings (SSSR count). The highest BCUT2D eigenvalue weighted by Gasteiger charge is 2.36. The van der Waals surface area contributed by atoms with Crippen LogP contribution < -0.4 is 10.6 Å². The van der Waals surface area contributed by atoms with Crippen molar-refractivity contribution in [3.8, 4) is 11.1 Å². The summed E-state index contributed by atoms with van der Waals surface area (Å²) in [5.41, 5.74) is 4.20. The molecule has 1 aliphatic rings. The molecule has 168 valence electrons. The van der Waals surface area contributed by atoms with Crippen molar-refractivity contribution in [1.29, 1.82) is 0 Å². The van der Waals surface area contributed by atoms with E-state index >= 15 is 0 Å². The maximum atomic E-state index is 12.6. The molecule has 1 fully saturated rings. The van der Waals surface area contributed by atoms with E-state index in [9.17, 15) is 18.0 Å². The molecule has 1 aliphatic heterocycles. The number of carbonyl (C=O) groups is 1. The van der Waals surface area contributed by atoms with Crippen LogP contribution in [0, 0.1) is 12.8 Å². The Kier molecular flexibility index (Phi) is 5.90. The lowest BCUT2D eigenvalue weighted by Crippen LogP contribution is -2.33. The predicted octanol–water partition coefficient (Wildman–Crippen LogP) is 5.45. The molecule has 3 aromatic rings. The zero-order chi connectivity index (χ0) is 22.9. The fourth-order valence-corrected chi connectivity index (χ4v) is 4.03. The number of urea groups is 1. The van der Waals surface area contributed by atoms with Gasteiger partial charge in [0.1, 0.15) is 5.82 Å². The van der Waals surface area contributed by atoms with Gasteiger partial charge in [-0.15, -0.1) is 0 Å². The summed E-state index contributed by atoms with van der Waals surface area (Å²) in [5, 5.41) is 6.70. The van der Waals surface area contributed by atoms with E-state index < -0.39 is 18.5 Å². The minimum atomic E-state index is -4.21. The van der Waals surface area contributed by atoms with Crippen molar-refractivity contribution in [2.75, 3.05) is 30.8 Å². The second kappa shape index (κ2) is 8.64. The molecule has 0 saturated carbocycles. The summed E-state index contributed by atoms with van der Waals surface area (Å²) < 4.78 is 37.9. The minimum absolute atomic E-state index is 0.111. The standard InChI is InChI=1S/C23H24F3N5O/c1-14-3-4-18(30-22(32)31-6-5-15(13-31)10-23(24,25)26)8-19(14)16-7-17-12-29-21(27-2)9-20(17)28-11-16/h3-4,7-9,11-12,15H,5-6,10,13H2,1-2H3,(H,27,29)(H,30,32). The second-order valence-electron chi connectivity index (χ2n) is 8.12. The molecule has 2 N–H and O–H groups in total. The summed E-state index contributed by atoms with van der Waals surface area (Å²) in [6, 6.07) is 9.01. The highest BCUT2D eigenvalue weighted by atomic mass is 19.4. The van der Waals surface area contributed by atoms with Crippen LogP contribution in [-0.4, -0.2) is 47.2 Å². The number of rotatable bonds is 4. The number of nitrogens with zero attached hydrogens (tertiary/aromatic N) is 3. The third-order valence-corrected chi connectivity index (χ3v) is 5.71. The summed E-state index contributed by atoms with van der Waals surface area (Å²) >= 11 is 0. The summed E-state index contributed by atoms with van der Waals surface area (Å²) in [4.78, 5) is 22.9. The van der Waals surface area contributed by atoms with Crippen molar-refractivity contribution in [2.24, 2.45) is 5.92 Å². The fourth-order valence-electron chi connectivity index (χ4n) is 4.03. The molecule has 0 aliphatic carbocycles. The number of hydrogen-bond acceptors (Lipinski definition) is 4. The van der Waals surface area contributed by atoms with Crippen LogP contribution in [0.2, 0.25) is 0 Å². The van der Waals surface area contributed by atoms with E-state index in [0.29, 0.717) is 18.7 Å². The van der Waals surface area contributed by atoms with E-state index in [1.165, 1.54) is 4.90 Å². The zero-order valence-corrected chi connectivity index (χ0v) is 17.8. The Bertz CT molecular complexity index is 1150. The minimum Gasteiger partial charge on any atom is -0.373 e. The van der Waals surface area contributed by atoms with Crippen molar-refractivity contribution in [3.63, 3.8) is 0 Å². The molecule has 0 bridgehead atoms. The first kappa shape index (κ1) is 21.9. The van der Waals surface area contributed by atoms with E-state index in [2.05, 4.69) is 20.6 Å². The number of alkyl halides is 3. The van der Waals surface area contributed by atoms with Crippen LogP contribution in [0.1, 0.15) is 18.4 Å². The van der Waals surface area contributed by atoms with Gasteiger partial charge in [0.25, 0.3) is 0 Å². The Hall–Kier alpha value is -3.36. The highest BCUT2D eigenvalue weighted by molar-refractivity contribution is 5.91. The number of anilines is 2. The van der Waals surface area contributed by atoms with Crippen LogP contribution >= 0.6 is 0 Å². The zero-order valence-electron chi connectivity index (χ0n) is 17.8. The van der Waals surface area contributed by atoms with Crippen LogP contribution in [0.25, 0.3) is 22.0 Å². The number of aromatic nitrogens is 2. The third kappa shape index (κ3) is 4.92. The number of amides is 2. The molecule has 0 spiro atoms. The molecule has 9 heteroatoms. The average molecular weight is 443 g/mol. The number of nitrogens with one attached hydrogen (secondary N) is 2. The third-order valence-electron chi connectivity index (χ3n) is 5.71. The SMILES string of the molecule is CNc1cc2ncc(-c3cc(NC(=O)N4CCC(CC(F)(F)F)C4)ccc3C)cc2cn1. The Morgan fingerprint density at radius 2 is 2.00 bits per heavy atom. The Balaban J connectivity index is 1.51. The molecule has 1 unspecified atom stereocenters. The van der Waals surface area contributed by atoms with Crippen molar-refractivity contribution in [1.82, 2.24) is 14.9 Å². The van der Waals surface area contributed by atoms with Gasteiger partial charge in [-0.25, -0.2) is 9.78 Å². The summed E-state index contributed by atoms with van der Waals surface area (Å²) in [7, 11) is 1.80. The van der Waals surface area contributed by atoms with Crippen LogP contribution in [0.4, 0.5) is 29.5 Å². The molecule has 3 heterocycles. The monoisotopic (exact) mass is 443 g/mol. The van der Waals surface area contributed by atoms with Gasteiger partial charge in [-0.05, 0) is 48.6 Å². The lowest BCUT2D eigenvalue weighted by Gasteiger charge is -2.19.